The molecule has 9 nitrogen and oxygen atoms in total. The number of carbonyl (C=O) groups is 1. The molecule has 2 heterocycles. The molecule has 1 aromatic carbocycles. The van der Waals surface area contributed by atoms with Gasteiger partial charge in [-0.2, -0.15) is 10.2 Å². The lowest BCUT2D eigenvalue weighted by molar-refractivity contribution is -0.388. The largest absolute Gasteiger partial charge is 0.323 e. The molecule has 146 valence electrons. The zero-order chi connectivity index (χ0) is 20.3. The lowest BCUT2D eigenvalue weighted by Gasteiger charge is -2.04. The summed E-state index contributed by atoms with van der Waals surface area (Å²) >= 11 is 6.89. The second-order valence-electron chi connectivity index (χ2n) is 6.05. The molecule has 0 unspecified atom stereocenters. The van der Waals surface area contributed by atoms with Gasteiger partial charge in [0.15, 0.2) is 10.8 Å². The fourth-order valence-electron chi connectivity index (χ4n) is 2.52. The standard InChI is InChI=1S/C17H17ClN6O3S/c1-10-7-14(22-23(10)8-12-3-5-13(18)6-4-12)19-15(25)9-28-17-16(24(26)27)11(2)20-21-17/h3-7H,8-9H2,1-2H3,(H,20,21)(H,19,22,25). The summed E-state index contributed by atoms with van der Waals surface area (Å²) in [4.78, 5) is 22.7. The molecule has 28 heavy (non-hydrogen) atoms. The Labute approximate surface area is 169 Å². The number of amides is 1. The third-order valence-electron chi connectivity index (χ3n) is 3.90. The Hall–Kier alpha value is -2.85. The van der Waals surface area contributed by atoms with E-state index in [0.29, 0.717) is 23.1 Å². The average Bonchev–Trinajstić information content (AvgIpc) is 3.17. The van der Waals surface area contributed by atoms with Crippen LogP contribution < -0.4 is 5.32 Å². The molecule has 0 fully saturated rings. The number of carbonyl (C=O) groups excluding carboxylic acids is 1. The highest BCUT2D eigenvalue weighted by Crippen LogP contribution is 2.29. The summed E-state index contributed by atoms with van der Waals surface area (Å²) < 4.78 is 1.77. The first-order valence-corrected chi connectivity index (χ1v) is 9.60. The SMILES string of the molecule is Cc1[nH]nc(SCC(=O)Nc2cc(C)n(Cc3ccc(Cl)cc3)n2)c1[N+](=O)[O-]. The lowest BCUT2D eigenvalue weighted by Crippen LogP contribution is -2.15. The highest BCUT2D eigenvalue weighted by Gasteiger charge is 2.22. The summed E-state index contributed by atoms with van der Waals surface area (Å²) in [6, 6.07) is 9.21. The molecule has 0 saturated heterocycles. The molecular weight excluding hydrogens is 404 g/mol. The van der Waals surface area contributed by atoms with Crippen molar-refractivity contribution in [2.75, 3.05) is 11.1 Å². The molecule has 0 atom stereocenters. The van der Waals surface area contributed by atoms with Crippen molar-refractivity contribution < 1.29 is 9.72 Å². The third kappa shape index (κ3) is 4.70. The molecule has 0 aliphatic rings. The summed E-state index contributed by atoms with van der Waals surface area (Å²) in [5, 5.41) is 25.4. The van der Waals surface area contributed by atoms with Crippen molar-refractivity contribution in [2.24, 2.45) is 0 Å². The smallest absolute Gasteiger partial charge is 0.308 e. The van der Waals surface area contributed by atoms with E-state index in [-0.39, 0.29) is 22.4 Å². The first kappa shape index (κ1) is 19.9. The molecule has 0 aliphatic carbocycles. The Bertz CT molecular complexity index is 1010. The molecule has 1 amide bonds. The Kier molecular flexibility index (Phi) is 6.00. The van der Waals surface area contributed by atoms with Crippen LogP contribution in [0.3, 0.4) is 0 Å². The number of aromatic amines is 1. The highest BCUT2D eigenvalue weighted by atomic mass is 35.5. The van der Waals surface area contributed by atoms with E-state index in [4.69, 9.17) is 11.6 Å². The molecular formula is C17H17ClN6O3S. The van der Waals surface area contributed by atoms with Gasteiger partial charge in [0.2, 0.25) is 5.91 Å². The van der Waals surface area contributed by atoms with Crippen molar-refractivity contribution >= 4 is 40.8 Å². The number of hydrogen-bond donors (Lipinski definition) is 2. The molecule has 0 spiro atoms. The van der Waals surface area contributed by atoms with Crippen LogP contribution in [-0.2, 0) is 11.3 Å². The summed E-state index contributed by atoms with van der Waals surface area (Å²) in [6.45, 7) is 4.00. The minimum absolute atomic E-state index is 0.0196. The zero-order valence-electron chi connectivity index (χ0n) is 15.1. The Morgan fingerprint density at radius 1 is 1.36 bits per heavy atom. The van der Waals surface area contributed by atoms with E-state index in [1.165, 1.54) is 0 Å². The first-order chi connectivity index (χ1) is 13.3. The van der Waals surface area contributed by atoms with Crippen molar-refractivity contribution in [1.29, 1.82) is 0 Å². The number of nitrogens with one attached hydrogen (secondary N) is 2. The topological polar surface area (TPSA) is 119 Å². The van der Waals surface area contributed by atoms with Gasteiger partial charge in [-0.3, -0.25) is 24.7 Å². The molecule has 2 N–H and O–H groups in total. The number of halogens is 1. The predicted molar refractivity (Wildman–Crippen MR) is 107 cm³/mol. The molecule has 3 rings (SSSR count). The van der Waals surface area contributed by atoms with Crippen molar-refractivity contribution in [3.8, 4) is 0 Å². The Balaban J connectivity index is 1.60. The van der Waals surface area contributed by atoms with Crippen LogP contribution in [0.15, 0.2) is 35.4 Å². The number of aromatic nitrogens is 4. The van der Waals surface area contributed by atoms with E-state index in [9.17, 15) is 14.9 Å². The maximum atomic E-state index is 12.2. The van der Waals surface area contributed by atoms with E-state index >= 15 is 0 Å². The number of benzene rings is 1. The zero-order valence-corrected chi connectivity index (χ0v) is 16.7. The van der Waals surface area contributed by atoms with Crippen LogP contribution in [0.2, 0.25) is 5.02 Å². The average molecular weight is 421 g/mol. The summed E-state index contributed by atoms with van der Waals surface area (Å²) in [5.74, 6) is 0.0784. The van der Waals surface area contributed by atoms with Crippen molar-refractivity contribution in [1.82, 2.24) is 20.0 Å². The van der Waals surface area contributed by atoms with Gasteiger partial charge < -0.3 is 5.32 Å². The van der Waals surface area contributed by atoms with E-state index in [1.54, 1.807) is 17.7 Å². The van der Waals surface area contributed by atoms with Crippen molar-refractivity contribution in [2.45, 2.75) is 25.4 Å². The molecule has 0 radical (unpaired) electrons. The molecule has 11 heteroatoms. The van der Waals surface area contributed by atoms with Gasteiger partial charge in [0.05, 0.1) is 17.2 Å². The first-order valence-electron chi connectivity index (χ1n) is 8.24. The normalized spacial score (nSPS) is 10.8. The van der Waals surface area contributed by atoms with Gasteiger partial charge in [0, 0.05) is 16.8 Å². The summed E-state index contributed by atoms with van der Waals surface area (Å²) in [6.07, 6.45) is 0. The van der Waals surface area contributed by atoms with E-state index in [1.807, 2.05) is 31.2 Å². The number of nitro groups is 1. The van der Waals surface area contributed by atoms with Crippen molar-refractivity contribution in [3.05, 3.63) is 62.4 Å². The molecule has 0 aliphatic heterocycles. The van der Waals surface area contributed by atoms with Gasteiger partial charge in [0.25, 0.3) is 0 Å². The van der Waals surface area contributed by atoms with Crippen LogP contribution in [0.1, 0.15) is 17.0 Å². The van der Waals surface area contributed by atoms with E-state index in [0.717, 1.165) is 23.0 Å². The van der Waals surface area contributed by atoms with Gasteiger partial charge in [-0.25, -0.2) is 0 Å². The van der Waals surface area contributed by atoms with Crippen LogP contribution in [-0.4, -0.2) is 36.6 Å². The lowest BCUT2D eigenvalue weighted by atomic mass is 10.2. The highest BCUT2D eigenvalue weighted by molar-refractivity contribution is 8.00. The minimum atomic E-state index is -0.513. The number of anilines is 1. The van der Waals surface area contributed by atoms with Gasteiger partial charge in [0.1, 0.15) is 5.69 Å². The van der Waals surface area contributed by atoms with Crippen LogP contribution in [0.25, 0.3) is 0 Å². The quantitative estimate of drug-likeness (QED) is 0.342. The number of nitrogens with zero attached hydrogens (tertiary/aromatic N) is 4. The predicted octanol–water partition coefficient (Wildman–Crippen LogP) is 3.56. The second kappa shape index (κ2) is 8.44. The van der Waals surface area contributed by atoms with E-state index in [2.05, 4.69) is 20.6 Å². The van der Waals surface area contributed by atoms with E-state index < -0.39 is 4.92 Å². The Morgan fingerprint density at radius 3 is 2.75 bits per heavy atom. The third-order valence-corrected chi connectivity index (χ3v) is 5.12. The van der Waals surface area contributed by atoms with Crippen molar-refractivity contribution in [3.63, 3.8) is 0 Å². The van der Waals surface area contributed by atoms with Crippen LogP contribution >= 0.6 is 23.4 Å². The monoisotopic (exact) mass is 420 g/mol. The minimum Gasteiger partial charge on any atom is -0.308 e. The molecule has 0 saturated carbocycles. The van der Waals surface area contributed by atoms with Gasteiger partial charge in [-0.05, 0) is 31.5 Å². The number of H-pyrrole nitrogens is 1. The number of rotatable bonds is 7. The number of aryl methyl sites for hydroxylation is 2. The molecule has 0 bridgehead atoms. The van der Waals surface area contributed by atoms with Gasteiger partial charge in [-0.1, -0.05) is 35.5 Å². The summed E-state index contributed by atoms with van der Waals surface area (Å²) in [5.41, 5.74) is 2.16. The van der Waals surface area contributed by atoms with Gasteiger partial charge in [-0.15, -0.1) is 0 Å². The fourth-order valence-corrected chi connectivity index (χ4v) is 3.46. The Morgan fingerprint density at radius 2 is 2.07 bits per heavy atom. The number of hydrogen-bond acceptors (Lipinski definition) is 6. The van der Waals surface area contributed by atoms with Crippen LogP contribution in [0, 0.1) is 24.0 Å². The maximum Gasteiger partial charge on any atom is 0.323 e. The summed E-state index contributed by atoms with van der Waals surface area (Å²) in [7, 11) is 0. The van der Waals surface area contributed by atoms with Gasteiger partial charge >= 0.3 is 5.69 Å². The molecule has 3 aromatic rings. The van der Waals surface area contributed by atoms with Crippen LogP contribution in [0.5, 0.6) is 0 Å². The fraction of sp³-hybridized carbons (Fsp3) is 0.235. The number of thioether (sulfide) groups is 1. The second-order valence-corrected chi connectivity index (χ2v) is 7.45. The van der Waals surface area contributed by atoms with Crippen LogP contribution in [0.4, 0.5) is 11.5 Å². The maximum absolute atomic E-state index is 12.2. The molecule has 2 aromatic heterocycles.